The van der Waals surface area contributed by atoms with Gasteiger partial charge in [-0.2, -0.15) is 4.31 Å². The Morgan fingerprint density at radius 3 is 2.43 bits per heavy atom. The van der Waals surface area contributed by atoms with E-state index in [9.17, 15) is 13.2 Å². The normalized spacial score (nSPS) is 18.6. The number of carbonyl (C=O) groups excluding carboxylic acids is 1. The van der Waals surface area contributed by atoms with Crippen molar-refractivity contribution in [2.45, 2.75) is 44.0 Å². The molecule has 2 atom stereocenters. The van der Waals surface area contributed by atoms with Crippen LogP contribution in [0.25, 0.3) is 0 Å². The first-order valence-corrected chi connectivity index (χ1v) is 11.8. The zero-order valence-electron chi connectivity index (χ0n) is 17.8. The highest BCUT2D eigenvalue weighted by Gasteiger charge is 2.33. The van der Waals surface area contributed by atoms with Crippen LogP contribution in [0.3, 0.4) is 0 Å². The number of hydrogen-bond acceptors (Lipinski definition) is 4. The van der Waals surface area contributed by atoms with Crippen LogP contribution in [0.1, 0.15) is 43.4 Å². The highest BCUT2D eigenvalue weighted by atomic mass is 32.2. The lowest BCUT2D eigenvalue weighted by Gasteiger charge is -2.32. The first kappa shape index (κ1) is 22.3. The lowest BCUT2D eigenvalue weighted by molar-refractivity contribution is -0.126. The molecule has 0 radical (unpaired) electrons. The van der Waals surface area contributed by atoms with Crippen LogP contribution in [-0.2, 0) is 14.8 Å². The fourth-order valence-electron chi connectivity index (χ4n) is 3.78. The molecule has 0 bridgehead atoms. The Bertz CT molecular complexity index is 956. The molecule has 30 heavy (non-hydrogen) atoms. The number of sulfonamides is 1. The highest BCUT2D eigenvalue weighted by molar-refractivity contribution is 7.89. The summed E-state index contributed by atoms with van der Waals surface area (Å²) >= 11 is 0. The van der Waals surface area contributed by atoms with Crippen molar-refractivity contribution in [3.05, 3.63) is 59.7 Å². The van der Waals surface area contributed by atoms with E-state index >= 15 is 0 Å². The van der Waals surface area contributed by atoms with E-state index in [1.807, 2.05) is 38.1 Å². The van der Waals surface area contributed by atoms with Gasteiger partial charge in [-0.1, -0.05) is 36.8 Å². The van der Waals surface area contributed by atoms with E-state index in [4.69, 9.17) is 4.74 Å². The lowest BCUT2D eigenvalue weighted by Crippen LogP contribution is -2.46. The van der Waals surface area contributed by atoms with Crippen molar-refractivity contribution >= 4 is 15.9 Å². The molecule has 1 aliphatic rings. The summed E-state index contributed by atoms with van der Waals surface area (Å²) in [6.07, 6.45) is 2.10. The van der Waals surface area contributed by atoms with Crippen LogP contribution < -0.4 is 10.1 Å². The standard InChI is InChI=1S/C23H30N2O4S/c1-4-22(18-9-11-20(29-3)12-10-18)24-23(26)19-6-5-15-25(16-19)30(27,28)21-13-7-17(2)8-14-21/h7-14,19,22H,4-6,15-16H2,1-3H3,(H,24,26)/t19-,22+/m1/s1. The topological polar surface area (TPSA) is 75.7 Å². The molecule has 162 valence electrons. The van der Waals surface area contributed by atoms with Crippen molar-refractivity contribution in [3.63, 3.8) is 0 Å². The maximum absolute atomic E-state index is 13.0. The minimum atomic E-state index is -3.60. The number of methoxy groups -OCH3 is 1. The second kappa shape index (κ2) is 9.62. The Morgan fingerprint density at radius 1 is 1.17 bits per heavy atom. The molecule has 0 saturated carbocycles. The van der Waals surface area contributed by atoms with Gasteiger partial charge in [-0.05, 0) is 56.0 Å². The van der Waals surface area contributed by atoms with Gasteiger partial charge >= 0.3 is 0 Å². The number of ether oxygens (including phenoxy) is 1. The Hall–Kier alpha value is -2.38. The van der Waals surface area contributed by atoms with Crippen molar-refractivity contribution in [1.29, 1.82) is 0 Å². The molecule has 6 nitrogen and oxygen atoms in total. The van der Waals surface area contributed by atoms with Gasteiger partial charge in [-0.3, -0.25) is 4.79 Å². The third kappa shape index (κ3) is 5.02. The Kier molecular flexibility index (Phi) is 7.15. The number of nitrogens with zero attached hydrogens (tertiary/aromatic N) is 1. The monoisotopic (exact) mass is 430 g/mol. The molecule has 0 unspecified atom stereocenters. The average molecular weight is 431 g/mol. The zero-order valence-corrected chi connectivity index (χ0v) is 18.6. The number of hydrogen-bond donors (Lipinski definition) is 1. The Balaban J connectivity index is 1.69. The van der Waals surface area contributed by atoms with Gasteiger partial charge in [-0.25, -0.2) is 8.42 Å². The number of aryl methyl sites for hydroxylation is 1. The van der Waals surface area contributed by atoms with Crippen molar-refractivity contribution in [2.75, 3.05) is 20.2 Å². The summed E-state index contributed by atoms with van der Waals surface area (Å²) in [5.74, 6) is 0.317. The zero-order chi connectivity index (χ0) is 21.7. The summed E-state index contributed by atoms with van der Waals surface area (Å²) in [6.45, 7) is 4.59. The number of nitrogens with one attached hydrogen (secondary N) is 1. The van der Waals surface area contributed by atoms with Gasteiger partial charge in [0.2, 0.25) is 15.9 Å². The molecule has 0 aromatic heterocycles. The third-order valence-electron chi connectivity index (χ3n) is 5.66. The first-order valence-electron chi connectivity index (χ1n) is 10.4. The fourth-order valence-corrected chi connectivity index (χ4v) is 5.30. The van der Waals surface area contributed by atoms with Gasteiger partial charge in [0.25, 0.3) is 0 Å². The van der Waals surface area contributed by atoms with Gasteiger partial charge < -0.3 is 10.1 Å². The maximum atomic E-state index is 13.0. The largest absolute Gasteiger partial charge is 0.497 e. The predicted octanol–water partition coefficient (Wildman–Crippen LogP) is 3.67. The number of carbonyl (C=O) groups is 1. The minimum absolute atomic E-state index is 0.0959. The molecular formula is C23H30N2O4S. The van der Waals surface area contributed by atoms with Crippen LogP contribution in [0.5, 0.6) is 5.75 Å². The molecule has 1 N–H and O–H groups in total. The molecule has 2 aromatic rings. The molecule has 3 rings (SSSR count). The molecule has 1 heterocycles. The summed E-state index contributed by atoms with van der Waals surface area (Å²) in [5.41, 5.74) is 2.01. The molecule has 7 heteroatoms. The van der Waals surface area contributed by atoms with Crippen molar-refractivity contribution < 1.29 is 17.9 Å². The number of piperidine rings is 1. The van der Waals surface area contributed by atoms with Gasteiger partial charge in [-0.15, -0.1) is 0 Å². The fraction of sp³-hybridized carbons (Fsp3) is 0.435. The van der Waals surface area contributed by atoms with Crippen LogP contribution in [0.2, 0.25) is 0 Å². The van der Waals surface area contributed by atoms with Crippen LogP contribution in [0.4, 0.5) is 0 Å². The number of benzene rings is 2. The summed E-state index contributed by atoms with van der Waals surface area (Å²) in [7, 11) is -1.98. The van der Waals surface area contributed by atoms with Crippen molar-refractivity contribution in [1.82, 2.24) is 9.62 Å². The predicted molar refractivity (Wildman–Crippen MR) is 117 cm³/mol. The third-order valence-corrected chi connectivity index (χ3v) is 7.54. The smallest absolute Gasteiger partial charge is 0.243 e. The quantitative estimate of drug-likeness (QED) is 0.727. The average Bonchev–Trinajstić information content (AvgIpc) is 2.77. The molecule has 2 aromatic carbocycles. The second-order valence-electron chi connectivity index (χ2n) is 7.76. The number of amides is 1. The van der Waals surface area contributed by atoms with E-state index in [1.165, 1.54) is 4.31 Å². The Morgan fingerprint density at radius 2 is 1.83 bits per heavy atom. The van der Waals surface area contributed by atoms with E-state index in [2.05, 4.69) is 5.32 Å². The van der Waals surface area contributed by atoms with E-state index in [-0.39, 0.29) is 29.3 Å². The highest BCUT2D eigenvalue weighted by Crippen LogP contribution is 2.26. The van der Waals surface area contributed by atoms with E-state index in [0.29, 0.717) is 19.4 Å². The summed E-state index contributed by atoms with van der Waals surface area (Å²) in [5, 5.41) is 3.11. The van der Waals surface area contributed by atoms with Crippen LogP contribution in [0.15, 0.2) is 53.4 Å². The van der Waals surface area contributed by atoms with Gasteiger partial charge in [0.1, 0.15) is 5.75 Å². The SMILES string of the molecule is CC[C@H](NC(=O)[C@@H]1CCCN(S(=O)(=O)c2ccc(C)cc2)C1)c1ccc(OC)cc1. The van der Waals surface area contributed by atoms with E-state index in [1.54, 1.807) is 31.4 Å². The van der Waals surface area contributed by atoms with Crippen LogP contribution in [0, 0.1) is 12.8 Å². The maximum Gasteiger partial charge on any atom is 0.243 e. The lowest BCUT2D eigenvalue weighted by atomic mass is 9.97. The molecule has 0 spiro atoms. The van der Waals surface area contributed by atoms with Gasteiger partial charge in [0.15, 0.2) is 0 Å². The van der Waals surface area contributed by atoms with E-state index < -0.39 is 10.0 Å². The number of rotatable bonds is 7. The van der Waals surface area contributed by atoms with Crippen molar-refractivity contribution in [2.24, 2.45) is 5.92 Å². The molecule has 1 saturated heterocycles. The second-order valence-corrected chi connectivity index (χ2v) is 9.70. The van der Waals surface area contributed by atoms with Gasteiger partial charge in [0.05, 0.1) is 24.0 Å². The van der Waals surface area contributed by atoms with Crippen LogP contribution >= 0.6 is 0 Å². The molecule has 1 amide bonds. The summed E-state index contributed by atoms with van der Waals surface area (Å²) in [4.78, 5) is 13.2. The Labute approximate surface area is 179 Å². The summed E-state index contributed by atoms with van der Waals surface area (Å²) in [6, 6.07) is 14.4. The summed E-state index contributed by atoms with van der Waals surface area (Å²) < 4.78 is 32.7. The molecular weight excluding hydrogens is 400 g/mol. The molecule has 1 aliphatic heterocycles. The van der Waals surface area contributed by atoms with E-state index in [0.717, 1.165) is 23.3 Å². The minimum Gasteiger partial charge on any atom is -0.497 e. The molecule has 1 fully saturated rings. The van der Waals surface area contributed by atoms with Gasteiger partial charge in [0, 0.05) is 13.1 Å². The van der Waals surface area contributed by atoms with Crippen LogP contribution in [-0.4, -0.2) is 38.8 Å². The van der Waals surface area contributed by atoms with Crippen molar-refractivity contribution in [3.8, 4) is 5.75 Å². The first-order chi connectivity index (χ1) is 14.3. The molecule has 0 aliphatic carbocycles.